The summed E-state index contributed by atoms with van der Waals surface area (Å²) in [6.07, 6.45) is 1.10. The number of aliphatic hydroxyl groups is 1. The van der Waals surface area contributed by atoms with Crippen LogP contribution in [0.15, 0.2) is 0 Å². The van der Waals surface area contributed by atoms with Gasteiger partial charge in [0, 0.05) is 13.2 Å². The summed E-state index contributed by atoms with van der Waals surface area (Å²) in [4.78, 5) is 20.9. The molecule has 0 aromatic carbocycles. The molecule has 5 nitrogen and oxygen atoms in total. The Labute approximate surface area is 83.1 Å². The van der Waals surface area contributed by atoms with Crippen molar-refractivity contribution in [3.63, 3.8) is 0 Å². The Morgan fingerprint density at radius 1 is 1.43 bits per heavy atom. The summed E-state index contributed by atoms with van der Waals surface area (Å²) < 4.78 is 0. The van der Waals surface area contributed by atoms with Crippen LogP contribution in [-0.4, -0.2) is 35.2 Å². The Morgan fingerprint density at radius 3 is 2.57 bits per heavy atom. The molecule has 0 spiro atoms. The summed E-state index contributed by atoms with van der Waals surface area (Å²) in [6, 6.07) is 0. The number of carboxylic acids is 1. The van der Waals surface area contributed by atoms with Gasteiger partial charge < -0.3 is 15.5 Å². The molecule has 0 saturated carbocycles. The van der Waals surface area contributed by atoms with Gasteiger partial charge in [-0.3, -0.25) is 9.59 Å². The van der Waals surface area contributed by atoms with Crippen LogP contribution in [0.5, 0.6) is 0 Å². The van der Waals surface area contributed by atoms with E-state index in [1.165, 1.54) is 0 Å². The first-order valence-corrected chi connectivity index (χ1v) is 4.65. The predicted octanol–water partition coefficient (Wildman–Crippen LogP) is -0.0141. The van der Waals surface area contributed by atoms with Crippen molar-refractivity contribution in [1.82, 2.24) is 5.32 Å². The molecular formula is C9H17NO4. The monoisotopic (exact) mass is 203 g/mol. The number of carboxylic acid groups (broad SMARTS) is 1. The third-order valence-corrected chi connectivity index (χ3v) is 1.82. The lowest BCUT2D eigenvalue weighted by Crippen LogP contribution is -2.26. The molecule has 0 saturated heterocycles. The second kappa shape index (κ2) is 7.32. The molecule has 1 amide bonds. The van der Waals surface area contributed by atoms with E-state index in [4.69, 9.17) is 10.2 Å². The fourth-order valence-corrected chi connectivity index (χ4v) is 0.969. The molecule has 1 unspecified atom stereocenters. The van der Waals surface area contributed by atoms with E-state index in [0.717, 1.165) is 12.8 Å². The molecule has 0 aliphatic carbocycles. The third-order valence-electron chi connectivity index (χ3n) is 1.82. The molecule has 14 heavy (non-hydrogen) atoms. The van der Waals surface area contributed by atoms with E-state index in [1.807, 2.05) is 6.92 Å². The number of carbonyl (C=O) groups is 2. The van der Waals surface area contributed by atoms with Crippen LogP contribution in [0.4, 0.5) is 0 Å². The number of aliphatic carboxylic acids is 1. The van der Waals surface area contributed by atoms with Crippen molar-refractivity contribution < 1.29 is 19.8 Å². The zero-order chi connectivity index (χ0) is 11.0. The smallest absolute Gasteiger partial charge is 0.312 e. The van der Waals surface area contributed by atoms with Crippen LogP contribution in [0.25, 0.3) is 0 Å². The lowest BCUT2D eigenvalue weighted by molar-refractivity contribution is -0.140. The van der Waals surface area contributed by atoms with Crippen LogP contribution in [0, 0.1) is 5.92 Å². The first kappa shape index (κ1) is 12.9. The summed E-state index contributed by atoms with van der Waals surface area (Å²) in [5, 5.41) is 19.5. The van der Waals surface area contributed by atoms with Gasteiger partial charge in [0.15, 0.2) is 0 Å². The van der Waals surface area contributed by atoms with Crippen molar-refractivity contribution in [3.05, 3.63) is 0 Å². The third kappa shape index (κ3) is 7.54. The zero-order valence-electron chi connectivity index (χ0n) is 8.32. The molecular weight excluding hydrogens is 186 g/mol. The van der Waals surface area contributed by atoms with E-state index in [-0.39, 0.29) is 12.5 Å². The maximum absolute atomic E-state index is 10.8. The van der Waals surface area contributed by atoms with E-state index < -0.39 is 18.3 Å². The van der Waals surface area contributed by atoms with Crippen molar-refractivity contribution in [2.75, 3.05) is 13.2 Å². The van der Waals surface area contributed by atoms with E-state index in [2.05, 4.69) is 5.32 Å². The number of amides is 1. The molecule has 5 heteroatoms. The topological polar surface area (TPSA) is 86.6 Å². The molecule has 0 bridgehead atoms. The molecule has 0 fully saturated rings. The Kier molecular flexibility index (Phi) is 6.74. The van der Waals surface area contributed by atoms with Gasteiger partial charge in [0.25, 0.3) is 0 Å². The minimum atomic E-state index is -1.12. The Bertz CT molecular complexity index is 193. The van der Waals surface area contributed by atoms with E-state index in [0.29, 0.717) is 6.54 Å². The van der Waals surface area contributed by atoms with Crippen LogP contribution in [0.1, 0.15) is 26.2 Å². The van der Waals surface area contributed by atoms with Crippen molar-refractivity contribution in [2.24, 2.45) is 5.92 Å². The van der Waals surface area contributed by atoms with Gasteiger partial charge in [-0.05, 0) is 18.8 Å². The highest BCUT2D eigenvalue weighted by atomic mass is 16.4. The highest BCUT2D eigenvalue weighted by Gasteiger charge is 2.06. The van der Waals surface area contributed by atoms with Crippen molar-refractivity contribution in [2.45, 2.75) is 26.2 Å². The largest absolute Gasteiger partial charge is 0.481 e. The SMILES string of the molecule is CC(CO)CCCNC(=O)CC(=O)O. The number of aliphatic hydroxyl groups excluding tert-OH is 1. The van der Waals surface area contributed by atoms with Gasteiger partial charge in [-0.2, -0.15) is 0 Å². The molecule has 0 heterocycles. The average Bonchev–Trinajstić information content (AvgIpc) is 2.10. The Balaban J connectivity index is 3.36. The van der Waals surface area contributed by atoms with Crippen LogP contribution < -0.4 is 5.32 Å². The molecule has 0 radical (unpaired) electrons. The first-order chi connectivity index (χ1) is 6.56. The van der Waals surface area contributed by atoms with Crippen LogP contribution in [0.3, 0.4) is 0 Å². The highest BCUT2D eigenvalue weighted by molar-refractivity contribution is 5.93. The molecule has 0 aliphatic heterocycles. The van der Waals surface area contributed by atoms with Crippen molar-refractivity contribution in [1.29, 1.82) is 0 Å². The average molecular weight is 203 g/mol. The van der Waals surface area contributed by atoms with Gasteiger partial charge in [-0.15, -0.1) is 0 Å². The molecule has 0 aliphatic rings. The number of rotatable bonds is 7. The Hall–Kier alpha value is -1.10. The highest BCUT2D eigenvalue weighted by Crippen LogP contribution is 2.02. The van der Waals surface area contributed by atoms with Gasteiger partial charge in [-0.1, -0.05) is 6.92 Å². The van der Waals surface area contributed by atoms with E-state index >= 15 is 0 Å². The predicted molar refractivity (Wildman–Crippen MR) is 50.7 cm³/mol. The Morgan fingerprint density at radius 2 is 2.07 bits per heavy atom. The molecule has 1 atom stereocenters. The molecule has 3 N–H and O–H groups in total. The number of carbonyl (C=O) groups excluding carboxylic acids is 1. The van der Waals surface area contributed by atoms with Crippen molar-refractivity contribution >= 4 is 11.9 Å². The van der Waals surface area contributed by atoms with Crippen LogP contribution >= 0.6 is 0 Å². The van der Waals surface area contributed by atoms with Crippen LogP contribution in [-0.2, 0) is 9.59 Å². The molecule has 82 valence electrons. The summed E-state index contributed by atoms with van der Waals surface area (Å²) in [7, 11) is 0. The van der Waals surface area contributed by atoms with Crippen LogP contribution in [0.2, 0.25) is 0 Å². The number of hydrogen-bond donors (Lipinski definition) is 3. The zero-order valence-corrected chi connectivity index (χ0v) is 8.32. The number of nitrogens with one attached hydrogen (secondary N) is 1. The first-order valence-electron chi connectivity index (χ1n) is 4.65. The molecule has 0 aromatic rings. The maximum Gasteiger partial charge on any atom is 0.312 e. The lowest BCUT2D eigenvalue weighted by Gasteiger charge is -2.07. The second-order valence-electron chi connectivity index (χ2n) is 3.35. The molecule has 0 rings (SSSR count). The minimum Gasteiger partial charge on any atom is -0.481 e. The van der Waals surface area contributed by atoms with Gasteiger partial charge in [0.2, 0.25) is 5.91 Å². The van der Waals surface area contributed by atoms with Gasteiger partial charge in [0.1, 0.15) is 6.42 Å². The molecule has 0 aromatic heterocycles. The summed E-state index contributed by atoms with van der Waals surface area (Å²) >= 11 is 0. The van der Waals surface area contributed by atoms with Gasteiger partial charge in [-0.25, -0.2) is 0 Å². The minimum absolute atomic E-state index is 0.142. The van der Waals surface area contributed by atoms with E-state index in [1.54, 1.807) is 0 Å². The standard InChI is InChI=1S/C9H17NO4/c1-7(6-11)3-2-4-10-8(12)5-9(13)14/h7,11H,2-6H2,1H3,(H,10,12)(H,13,14). The normalized spacial score (nSPS) is 12.1. The van der Waals surface area contributed by atoms with Gasteiger partial charge >= 0.3 is 5.97 Å². The summed E-state index contributed by atoms with van der Waals surface area (Å²) in [6.45, 7) is 2.53. The number of hydrogen-bond acceptors (Lipinski definition) is 3. The lowest BCUT2D eigenvalue weighted by atomic mass is 10.1. The fourth-order valence-electron chi connectivity index (χ4n) is 0.969. The summed E-state index contributed by atoms with van der Waals surface area (Å²) in [5.74, 6) is -1.35. The quantitative estimate of drug-likeness (QED) is 0.401. The van der Waals surface area contributed by atoms with Gasteiger partial charge in [0.05, 0.1) is 0 Å². The fraction of sp³-hybridized carbons (Fsp3) is 0.778. The van der Waals surface area contributed by atoms with E-state index in [9.17, 15) is 9.59 Å². The maximum atomic E-state index is 10.8. The van der Waals surface area contributed by atoms with Crippen molar-refractivity contribution in [3.8, 4) is 0 Å². The second-order valence-corrected chi connectivity index (χ2v) is 3.35. The summed E-state index contributed by atoms with van der Waals surface area (Å²) in [5.41, 5.74) is 0.